The van der Waals surface area contributed by atoms with Crippen LogP contribution < -0.4 is 15.2 Å². The molecule has 17 heavy (non-hydrogen) atoms. The monoisotopic (exact) mass is 235 g/mol. The van der Waals surface area contributed by atoms with Crippen molar-refractivity contribution < 1.29 is 9.47 Å². The van der Waals surface area contributed by atoms with Crippen LogP contribution in [-0.2, 0) is 5.41 Å². The number of nitrogens with two attached hydrogens (primary N) is 1. The Labute approximate surface area is 103 Å². The first-order valence-electron chi connectivity index (χ1n) is 6.28. The van der Waals surface area contributed by atoms with E-state index in [1.54, 1.807) is 7.11 Å². The van der Waals surface area contributed by atoms with Crippen LogP contribution in [0.4, 0.5) is 0 Å². The van der Waals surface area contributed by atoms with Crippen LogP contribution >= 0.6 is 0 Å². The molecule has 0 saturated heterocycles. The third kappa shape index (κ3) is 2.00. The zero-order chi connectivity index (χ0) is 12.3. The number of ether oxygens (including phenoxy) is 2. The van der Waals surface area contributed by atoms with Crippen LogP contribution in [0.5, 0.6) is 11.5 Å². The summed E-state index contributed by atoms with van der Waals surface area (Å²) < 4.78 is 11.2. The van der Waals surface area contributed by atoms with Gasteiger partial charge in [-0.2, -0.15) is 0 Å². The Kier molecular flexibility index (Phi) is 3.57. The maximum Gasteiger partial charge on any atom is 0.126 e. The molecule has 2 rings (SSSR count). The fraction of sp³-hybridized carbons (Fsp3) is 0.571. The predicted molar refractivity (Wildman–Crippen MR) is 68.7 cm³/mol. The van der Waals surface area contributed by atoms with Crippen molar-refractivity contribution in [1.82, 2.24) is 0 Å². The van der Waals surface area contributed by atoms with E-state index in [4.69, 9.17) is 15.2 Å². The lowest BCUT2D eigenvalue weighted by Gasteiger charge is -2.42. The molecule has 1 fully saturated rings. The minimum absolute atomic E-state index is 0.0666. The summed E-state index contributed by atoms with van der Waals surface area (Å²) in [4.78, 5) is 0. The van der Waals surface area contributed by atoms with Crippen molar-refractivity contribution in [2.45, 2.75) is 31.6 Å². The molecule has 0 aromatic heterocycles. The summed E-state index contributed by atoms with van der Waals surface area (Å²) in [6.45, 7) is 3.33. The van der Waals surface area contributed by atoms with E-state index >= 15 is 0 Å². The Morgan fingerprint density at radius 1 is 1.29 bits per heavy atom. The van der Waals surface area contributed by atoms with Crippen molar-refractivity contribution in [3.63, 3.8) is 0 Å². The molecule has 1 aliphatic rings. The zero-order valence-electron chi connectivity index (χ0n) is 10.7. The summed E-state index contributed by atoms with van der Waals surface area (Å²) in [5.41, 5.74) is 7.21. The molecule has 1 aromatic carbocycles. The summed E-state index contributed by atoms with van der Waals surface area (Å²) >= 11 is 0. The van der Waals surface area contributed by atoms with Crippen LogP contribution in [0.15, 0.2) is 18.2 Å². The standard InChI is InChI=1S/C14H21NO2/c1-3-17-12-7-4-6-11(16-2)13(12)14(10-15)8-5-9-14/h4,6-7H,3,5,8-10,15H2,1-2H3. The molecular formula is C14H21NO2. The van der Waals surface area contributed by atoms with Gasteiger partial charge in [-0.1, -0.05) is 12.5 Å². The van der Waals surface area contributed by atoms with Gasteiger partial charge in [0.1, 0.15) is 11.5 Å². The van der Waals surface area contributed by atoms with Gasteiger partial charge in [0.15, 0.2) is 0 Å². The van der Waals surface area contributed by atoms with E-state index in [0.717, 1.165) is 29.9 Å². The molecule has 0 heterocycles. The number of rotatable bonds is 5. The molecule has 3 nitrogen and oxygen atoms in total. The smallest absolute Gasteiger partial charge is 0.126 e. The lowest BCUT2D eigenvalue weighted by molar-refractivity contribution is 0.228. The quantitative estimate of drug-likeness (QED) is 0.852. The third-order valence-corrected chi connectivity index (χ3v) is 3.74. The highest BCUT2D eigenvalue weighted by molar-refractivity contribution is 5.51. The van der Waals surface area contributed by atoms with Crippen molar-refractivity contribution in [3.05, 3.63) is 23.8 Å². The number of hydrogen-bond acceptors (Lipinski definition) is 3. The van der Waals surface area contributed by atoms with Gasteiger partial charge in [0.2, 0.25) is 0 Å². The molecule has 0 unspecified atom stereocenters. The highest BCUT2D eigenvalue weighted by Gasteiger charge is 2.41. The molecule has 0 aliphatic heterocycles. The van der Waals surface area contributed by atoms with Crippen LogP contribution in [0.1, 0.15) is 31.7 Å². The molecule has 3 heteroatoms. The highest BCUT2D eigenvalue weighted by atomic mass is 16.5. The fourth-order valence-corrected chi connectivity index (χ4v) is 2.64. The van der Waals surface area contributed by atoms with E-state index in [9.17, 15) is 0 Å². The van der Waals surface area contributed by atoms with Crippen molar-refractivity contribution in [2.75, 3.05) is 20.3 Å². The Balaban J connectivity index is 2.47. The maximum atomic E-state index is 5.98. The predicted octanol–water partition coefficient (Wildman–Crippen LogP) is 2.47. The molecule has 0 bridgehead atoms. The average Bonchev–Trinajstić information content (AvgIpc) is 2.30. The highest BCUT2D eigenvalue weighted by Crippen LogP contribution is 2.50. The Bertz CT molecular complexity index is 380. The normalized spacial score (nSPS) is 17.4. The summed E-state index contributed by atoms with van der Waals surface area (Å²) in [5, 5.41) is 0. The largest absolute Gasteiger partial charge is 0.496 e. The molecule has 94 valence electrons. The van der Waals surface area contributed by atoms with E-state index < -0.39 is 0 Å². The Morgan fingerprint density at radius 3 is 2.47 bits per heavy atom. The van der Waals surface area contributed by atoms with Gasteiger partial charge in [-0.3, -0.25) is 0 Å². The van der Waals surface area contributed by atoms with Gasteiger partial charge >= 0.3 is 0 Å². The van der Waals surface area contributed by atoms with Crippen LogP contribution in [0.25, 0.3) is 0 Å². The zero-order valence-corrected chi connectivity index (χ0v) is 10.7. The van der Waals surface area contributed by atoms with Gasteiger partial charge in [0, 0.05) is 17.5 Å². The second kappa shape index (κ2) is 4.96. The lowest BCUT2D eigenvalue weighted by atomic mass is 9.64. The number of benzene rings is 1. The molecule has 0 atom stereocenters. The van der Waals surface area contributed by atoms with Gasteiger partial charge in [-0.15, -0.1) is 0 Å². The number of methoxy groups -OCH3 is 1. The first-order valence-corrected chi connectivity index (χ1v) is 6.28. The minimum atomic E-state index is 0.0666. The second-order valence-electron chi connectivity index (χ2n) is 4.60. The van der Waals surface area contributed by atoms with Crippen LogP contribution in [0.3, 0.4) is 0 Å². The molecule has 0 spiro atoms. The summed E-state index contributed by atoms with van der Waals surface area (Å²) in [7, 11) is 1.71. The summed E-state index contributed by atoms with van der Waals surface area (Å²) in [6.07, 6.45) is 3.49. The fourth-order valence-electron chi connectivity index (χ4n) is 2.64. The van der Waals surface area contributed by atoms with Gasteiger partial charge in [0.25, 0.3) is 0 Å². The van der Waals surface area contributed by atoms with E-state index in [-0.39, 0.29) is 5.41 Å². The molecule has 1 aromatic rings. The average molecular weight is 235 g/mol. The van der Waals surface area contributed by atoms with E-state index in [0.29, 0.717) is 13.2 Å². The summed E-state index contributed by atoms with van der Waals surface area (Å²) in [5.74, 6) is 1.83. The molecule has 0 amide bonds. The van der Waals surface area contributed by atoms with Crippen molar-refractivity contribution in [1.29, 1.82) is 0 Å². The van der Waals surface area contributed by atoms with Gasteiger partial charge in [0.05, 0.1) is 13.7 Å². The SMILES string of the molecule is CCOc1cccc(OC)c1C1(CN)CCC1. The lowest BCUT2D eigenvalue weighted by Crippen LogP contribution is -2.42. The van der Waals surface area contributed by atoms with Crippen molar-refractivity contribution in [3.8, 4) is 11.5 Å². The van der Waals surface area contributed by atoms with Gasteiger partial charge in [-0.05, 0) is 31.9 Å². The van der Waals surface area contributed by atoms with Crippen LogP contribution in [0.2, 0.25) is 0 Å². The molecule has 1 aliphatic carbocycles. The second-order valence-corrected chi connectivity index (χ2v) is 4.60. The Morgan fingerprint density at radius 2 is 2.00 bits per heavy atom. The summed E-state index contributed by atoms with van der Waals surface area (Å²) in [6, 6.07) is 5.97. The third-order valence-electron chi connectivity index (χ3n) is 3.74. The molecule has 1 saturated carbocycles. The molecule has 0 radical (unpaired) electrons. The van der Waals surface area contributed by atoms with E-state index in [2.05, 4.69) is 0 Å². The first-order chi connectivity index (χ1) is 8.27. The van der Waals surface area contributed by atoms with Crippen LogP contribution in [-0.4, -0.2) is 20.3 Å². The number of hydrogen-bond donors (Lipinski definition) is 1. The first kappa shape index (κ1) is 12.2. The molecular weight excluding hydrogens is 214 g/mol. The topological polar surface area (TPSA) is 44.5 Å². The van der Waals surface area contributed by atoms with E-state index in [1.165, 1.54) is 6.42 Å². The minimum Gasteiger partial charge on any atom is -0.496 e. The van der Waals surface area contributed by atoms with Gasteiger partial charge < -0.3 is 15.2 Å². The van der Waals surface area contributed by atoms with Crippen LogP contribution in [0, 0.1) is 0 Å². The Hall–Kier alpha value is -1.22. The molecule has 2 N–H and O–H groups in total. The van der Waals surface area contributed by atoms with Gasteiger partial charge in [-0.25, -0.2) is 0 Å². The van der Waals surface area contributed by atoms with Crippen molar-refractivity contribution >= 4 is 0 Å². The maximum absolute atomic E-state index is 5.98. The van der Waals surface area contributed by atoms with Crippen molar-refractivity contribution in [2.24, 2.45) is 5.73 Å². The van der Waals surface area contributed by atoms with E-state index in [1.807, 2.05) is 25.1 Å².